The topological polar surface area (TPSA) is 169 Å². The Morgan fingerprint density at radius 2 is 1.73 bits per heavy atom. The molecule has 13 nitrogen and oxygen atoms in total. The Balaban J connectivity index is 1.52. The van der Waals surface area contributed by atoms with Gasteiger partial charge in [0.2, 0.25) is 5.91 Å². The molecular weight excluding hydrogens is 614 g/mol. The first-order valence-electron chi connectivity index (χ1n) is 16.2. The number of carbonyl (C=O) groups excluding carboxylic acids is 3. The molecule has 0 unspecified atom stereocenters. The number of hydrogen-bond donors (Lipinski definition) is 5. The van der Waals surface area contributed by atoms with E-state index < -0.39 is 11.5 Å². The number of carbonyl (C=O) groups is 3. The number of hydroxylamine groups is 1. The van der Waals surface area contributed by atoms with E-state index in [1.165, 1.54) is 0 Å². The highest BCUT2D eigenvalue weighted by molar-refractivity contribution is 5.98. The molecule has 5 N–H and O–H groups in total. The molecule has 0 spiro atoms. The Morgan fingerprint density at radius 3 is 2.35 bits per heavy atom. The zero-order valence-electron chi connectivity index (χ0n) is 28.7. The predicted octanol–water partition coefficient (Wildman–Crippen LogP) is 4.44. The van der Waals surface area contributed by atoms with Gasteiger partial charge in [-0.1, -0.05) is 0 Å². The lowest BCUT2D eigenvalue weighted by atomic mass is 9.97. The molecule has 3 amide bonds. The van der Waals surface area contributed by atoms with E-state index in [0.29, 0.717) is 56.7 Å². The fourth-order valence-electron chi connectivity index (χ4n) is 5.54. The van der Waals surface area contributed by atoms with Crippen molar-refractivity contribution in [2.75, 3.05) is 42.9 Å². The van der Waals surface area contributed by atoms with E-state index in [2.05, 4.69) is 20.5 Å². The molecule has 1 aliphatic heterocycles. The van der Waals surface area contributed by atoms with E-state index in [1.54, 1.807) is 16.6 Å². The van der Waals surface area contributed by atoms with Gasteiger partial charge in [0, 0.05) is 80.0 Å². The van der Waals surface area contributed by atoms with Gasteiger partial charge >= 0.3 is 6.09 Å². The first-order chi connectivity index (χ1) is 22.8. The Kier molecular flexibility index (Phi) is 11.8. The van der Waals surface area contributed by atoms with Gasteiger partial charge in [0.15, 0.2) is 0 Å². The highest BCUT2D eigenvalue weighted by Gasteiger charge is 2.26. The Morgan fingerprint density at radius 1 is 1.00 bits per heavy atom. The Hall–Kier alpha value is -4.91. The maximum absolute atomic E-state index is 13.6. The summed E-state index contributed by atoms with van der Waals surface area (Å²) in [4.78, 5) is 61.3. The summed E-state index contributed by atoms with van der Waals surface area (Å²) in [5.74, 6) is 0.0381. The average Bonchev–Trinajstić information content (AvgIpc) is 3.04. The third kappa shape index (κ3) is 9.57. The van der Waals surface area contributed by atoms with Crippen molar-refractivity contribution in [3.63, 3.8) is 0 Å². The maximum Gasteiger partial charge on any atom is 0.410 e. The van der Waals surface area contributed by atoms with Crippen molar-refractivity contribution in [1.29, 1.82) is 0 Å². The first kappa shape index (κ1) is 35.9. The second-order valence-corrected chi connectivity index (χ2v) is 13.1. The van der Waals surface area contributed by atoms with Crippen LogP contribution in [0.15, 0.2) is 41.3 Å². The van der Waals surface area contributed by atoms with E-state index in [0.717, 1.165) is 39.5 Å². The number of anilines is 2. The van der Waals surface area contributed by atoms with Crippen LogP contribution in [0, 0.1) is 20.8 Å². The molecule has 13 heteroatoms. The standard InChI is InChI=1S/C35H47N7O6/c1-22-17-23(2)39-33(45)28(22)21-38-32(44)27-18-26(19-29(24(27)3)36-12-8-7-9-31(43)40-47)25-10-11-30(37-20-25)41-13-15-42(16-14-41)34(46)48-35(4,5)6/h10-11,17-20,36,47H,7-9,12-16,21H2,1-6H3,(H,38,44)(H,39,45)(H,40,43). The molecule has 0 aliphatic carbocycles. The monoisotopic (exact) mass is 661 g/mol. The summed E-state index contributed by atoms with van der Waals surface area (Å²) >= 11 is 0. The minimum absolute atomic E-state index is 0.0804. The number of nitrogens with one attached hydrogen (secondary N) is 4. The summed E-state index contributed by atoms with van der Waals surface area (Å²) < 4.78 is 5.51. The van der Waals surface area contributed by atoms with Crippen molar-refractivity contribution in [2.24, 2.45) is 0 Å². The molecule has 1 aliphatic rings. The SMILES string of the molecule is Cc1cc(C)c(CNC(=O)c2cc(-c3ccc(N4CCN(C(=O)OC(C)(C)C)CC4)nc3)cc(NCCCCC(=O)NO)c2C)c(=O)[nH]1. The van der Waals surface area contributed by atoms with Gasteiger partial charge in [-0.25, -0.2) is 15.3 Å². The third-order valence-electron chi connectivity index (χ3n) is 8.18. The minimum Gasteiger partial charge on any atom is -0.444 e. The molecule has 1 fully saturated rings. The molecular formula is C35H47N7O6. The smallest absolute Gasteiger partial charge is 0.410 e. The zero-order valence-corrected chi connectivity index (χ0v) is 28.7. The van der Waals surface area contributed by atoms with Crippen molar-refractivity contribution in [3.8, 4) is 11.1 Å². The molecule has 0 radical (unpaired) electrons. The lowest BCUT2D eigenvalue weighted by molar-refractivity contribution is -0.129. The first-order valence-corrected chi connectivity index (χ1v) is 16.2. The number of amides is 3. The van der Waals surface area contributed by atoms with Gasteiger partial charge in [-0.05, 0) is 101 Å². The second-order valence-electron chi connectivity index (χ2n) is 13.1. The summed E-state index contributed by atoms with van der Waals surface area (Å²) in [5.41, 5.74) is 6.48. The van der Waals surface area contributed by atoms with Crippen LogP contribution in [0.25, 0.3) is 11.1 Å². The lowest BCUT2D eigenvalue weighted by Gasteiger charge is -2.36. The highest BCUT2D eigenvalue weighted by Crippen LogP contribution is 2.30. The summed E-state index contributed by atoms with van der Waals surface area (Å²) in [5, 5.41) is 15.1. The number of piperazine rings is 1. The predicted molar refractivity (Wildman–Crippen MR) is 184 cm³/mol. The average molecular weight is 662 g/mol. The van der Waals surface area contributed by atoms with Crippen LogP contribution in [0.4, 0.5) is 16.3 Å². The summed E-state index contributed by atoms with van der Waals surface area (Å²) in [6.45, 7) is 14.0. The molecule has 1 saturated heterocycles. The van der Waals surface area contributed by atoms with Gasteiger partial charge < -0.3 is 30.2 Å². The van der Waals surface area contributed by atoms with E-state index in [4.69, 9.17) is 14.9 Å². The van der Waals surface area contributed by atoms with Crippen molar-refractivity contribution in [1.82, 2.24) is 25.7 Å². The second kappa shape index (κ2) is 15.8. The van der Waals surface area contributed by atoms with Crippen molar-refractivity contribution < 1.29 is 24.3 Å². The zero-order chi connectivity index (χ0) is 35.0. The van der Waals surface area contributed by atoms with Crippen LogP contribution in [-0.4, -0.2) is 76.3 Å². The van der Waals surface area contributed by atoms with Gasteiger partial charge in [-0.3, -0.25) is 19.6 Å². The van der Waals surface area contributed by atoms with E-state index in [-0.39, 0.29) is 30.5 Å². The highest BCUT2D eigenvalue weighted by atomic mass is 16.6. The number of aryl methyl sites for hydroxylation is 2. The van der Waals surface area contributed by atoms with Crippen LogP contribution < -0.4 is 26.6 Å². The maximum atomic E-state index is 13.6. The number of ether oxygens (including phenoxy) is 1. The van der Waals surface area contributed by atoms with Gasteiger partial charge in [0.25, 0.3) is 11.5 Å². The van der Waals surface area contributed by atoms with E-state index in [9.17, 15) is 19.2 Å². The largest absolute Gasteiger partial charge is 0.444 e. The molecule has 0 bridgehead atoms. The number of rotatable bonds is 11. The van der Waals surface area contributed by atoms with Crippen molar-refractivity contribution in [3.05, 3.63) is 74.8 Å². The van der Waals surface area contributed by atoms with Crippen LogP contribution >= 0.6 is 0 Å². The Bertz CT molecular complexity index is 1670. The number of aromatic amines is 1. The summed E-state index contributed by atoms with van der Waals surface area (Å²) in [6, 6.07) is 9.56. The minimum atomic E-state index is -0.546. The number of H-pyrrole nitrogens is 1. The van der Waals surface area contributed by atoms with Gasteiger partial charge in [-0.15, -0.1) is 0 Å². The fraction of sp³-hybridized carbons (Fsp3) is 0.457. The quantitative estimate of drug-likeness (QED) is 0.113. The molecule has 4 rings (SSSR count). The van der Waals surface area contributed by atoms with Crippen molar-refractivity contribution in [2.45, 2.75) is 73.0 Å². The number of nitrogens with zero attached hydrogens (tertiary/aromatic N) is 3. The van der Waals surface area contributed by atoms with E-state index in [1.807, 2.05) is 71.9 Å². The molecule has 3 aromatic rings. The third-order valence-corrected chi connectivity index (χ3v) is 8.18. The molecule has 0 atom stereocenters. The van der Waals surface area contributed by atoms with Gasteiger partial charge in [-0.2, -0.15) is 0 Å². The van der Waals surface area contributed by atoms with Crippen LogP contribution in [0.3, 0.4) is 0 Å². The molecule has 2 aromatic heterocycles. The van der Waals surface area contributed by atoms with E-state index >= 15 is 0 Å². The van der Waals surface area contributed by atoms with Gasteiger partial charge in [0.05, 0.1) is 0 Å². The number of unbranched alkanes of at least 4 members (excludes halogenated alkanes) is 1. The van der Waals surface area contributed by atoms with Crippen molar-refractivity contribution >= 4 is 29.4 Å². The molecule has 48 heavy (non-hydrogen) atoms. The number of pyridine rings is 2. The molecule has 3 heterocycles. The molecule has 0 saturated carbocycles. The van der Waals surface area contributed by atoms with Crippen LogP contribution in [0.1, 0.15) is 72.8 Å². The Labute approximate surface area is 281 Å². The van der Waals surface area contributed by atoms with Crippen LogP contribution in [0.2, 0.25) is 0 Å². The lowest BCUT2D eigenvalue weighted by Crippen LogP contribution is -2.50. The molecule has 258 valence electrons. The summed E-state index contributed by atoms with van der Waals surface area (Å²) in [6.07, 6.45) is 2.91. The fourth-order valence-corrected chi connectivity index (χ4v) is 5.54. The van der Waals surface area contributed by atoms with Crippen LogP contribution in [-0.2, 0) is 16.1 Å². The summed E-state index contributed by atoms with van der Waals surface area (Å²) in [7, 11) is 0. The van der Waals surface area contributed by atoms with Gasteiger partial charge in [0.1, 0.15) is 11.4 Å². The number of aromatic nitrogens is 2. The normalized spacial score (nSPS) is 13.2. The molecule has 1 aromatic carbocycles. The van der Waals surface area contributed by atoms with Crippen LogP contribution in [0.5, 0.6) is 0 Å². The number of benzene rings is 1. The number of hydrogen-bond acceptors (Lipinski definition) is 9.